The van der Waals surface area contributed by atoms with E-state index in [9.17, 15) is 5.11 Å². The van der Waals surface area contributed by atoms with Gasteiger partial charge in [0.15, 0.2) is 0 Å². The number of halogens is 3. The predicted octanol–water partition coefficient (Wildman–Crippen LogP) is 3.42. The summed E-state index contributed by atoms with van der Waals surface area (Å²) >= 11 is 10.5. The molecule has 1 nitrogen and oxygen atoms in total. The van der Waals surface area contributed by atoms with Gasteiger partial charge in [-0.05, 0) is 31.9 Å². The Hall–Kier alpha value is 1.50. The Morgan fingerprint density at radius 1 is 1.08 bits per heavy atom. The molecule has 5 heteroatoms. The molecule has 12 heavy (non-hydrogen) atoms. The number of alkyl halides is 2. The van der Waals surface area contributed by atoms with Gasteiger partial charge in [0, 0.05) is 5.56 Å². The van der Waals surface area contributed by atoms with Gasteiger partial charge in [0.25, 0.3) is 0 Å². The molecule has 1 rings (SSSR count). The zero-order chi connectivity index (χ0) is 9.61. The first-order valence-electron chi connectivity index (χ1n) is 2.95. The van der Waals surface area contributed by atoms with Crippen molar-refractivity contribution in [2.45, 2.75) is 3.42 Å². The summed E-state index contributed by atoms with van der Waals surface area (Å²) in [5.74, 6) is 0. The van der Waals surface area contributed by atoms with Crippen LogP contribution in [-0.2, 0) is 25.8 Å². The summed E-state index contributed by atoms with van der Waals surface area (Å²) in [5, 5.41) is 9.32. The molecule has 0 bridgehead atoms. The number of hydrogen-bond donors (Lipinski definition) is 1. The van der Waals surface area contributed by atoms with E-state index in [1.165, 1.54) is 22.4 Å². The van der Waals surface area contributed by atoms with Crippen molar-refractivity contribution in [3.8, 4) is 0 Å². The van der Waals surface area contributed by atoms with Crippen LogP contribution in [-0.4, -0.2) is 5.11 Å². The van der Waals surface area contributed by atoms with Crippen LogP contribution in [0.1, 0.15) is 5.56 Å². The fourth-order valence-corrected chi connectivity index (χ4v) is 1.17. The third-order valence-corrected chi connectivity index (χ3v) is 2.04. The molecule has 0 heterocycles. The maximum atomic E-state index is 9.32. The average molecular weight is 437 g/mol. The summed E-state index contributed by atoms with van der Waals surface area (Å²) in [6, 6.07) is 9.27. The van der Waals surface area contributed by atoms with Gasteiger partial charge < -0.3 is 5.11 Å². The summed E-state index contributed by atoms with van der Waals surface area (Å²) in [6.45, 7) is 0. The Labute approximate surface area is 109 Å². The van der Waals surface area contributed by atoms with Crippen LogP contribution in [0.25, 0.3) is 0 Å². The van der Waals surface area contributed by atoms with Crippen LogP contribution in [0, 0.1) is 0 Å². The molecule has 0 atom stereocenters. The summed E-state index contributed by atoms with van der Waals surface area (Å²) in [7, 11) is 0. The summed E-state index contributed by atoms with van der Waals surface area (Å²) in [5.41, 5.74) is 0.787. The van der Waals surface area contributed by atoms with Crippen molar-refractivity contribution < 1.29 is 27.5 Å². The normalized spacial score (nSPS) is 9.92. The molecule has 0 aliphatic rings. The fourth-order valence-electron chi connectivity index (χ4n) is 0.639. The Morgan fingerprint density at radius 3 is 1.75 bits per heavy atom. The molecule has 0 aliphatic carbocycles. The van der Waals surface area contributed by atoms with Gasteiger partial charge in [-0.15, -0.1) is 0 Å². The Morgan fingerprint density at radius 2 is 1.50 bits per heavy atom. The SMILES string of the molecule is OC(Br)(Br)c1ccccc1.[Br][Zr]. The van der Waals surface area contributed by atoms with Crippen molar-refractivity contribution in [2.24, 2.45) is 0 Å². The Balaban J connectivity index is 0.000000561. The molecule has 0 spiro atoms. The third-order valence-electron chi connectivity index (χ3n) is 1.12. The quantitative estimate of drug-likeness (QED) is 0.669. The van der Waals surface area contributed by atoms with E-state index >= 15 is 0 Å². The molecule has 0 amide bonds. The van der Waals surface area contributed by atoms with E-state index in [0.29, 0.717) is 0 Å². The first-order chi connectivity index (χ1) is 5.61. The van der Waals surface area contributed by atoms with Gasteiger partial charge in [0.05, 0.1) is 0 Å². The van der Waals surface area contributed by atoms with Crippen LogP contribution in [0.4, 0.5) is 0 Å². The van der Waals surface area contributed by atoms with E-state index in [0.717, 1.165) is 5.56 Å². The van der Waals surface area contributed by atoms with Crippen molar-refractivity contribution in [2.75, 3.05) is 0 Å². The van der Waals surface area contributed by atoms with E-state index in [1.54, 1.807) is 0 Å². The van der Waals surface area contributed by atoms with Crippen LogP contribution in [0.15, 0.2) is 30.3 Å². The van der Waals surface area contributed by atoms with Crippen molar-refractivity contribution in [1.29, 1.82) is 0 Å². The molecule has 0 unspecified atom stereocenters. The topological polar surface area (TPSA) is 20.2 Å². The average Bonchev–Trinajstić information content (AvgIpc) is 2.08. The molecule has 65 valence electrons. The Bertz CT molecular complexity index is 210. The van der Waals surface area contributed by atoms with Crippen LogP contribution < -0.4 is 0 Å². The fraction of sp³-hybridized carbons (Fsp3) is 0.143. The summed E-state index contributed by atoms with van der Waals surface area (Å²) < 4.78 is -1.08. The van der Waals surface area contributed by atoms with Crippen molar-refractivity contribution in [3.05, 3.63) is 35.9 Å². The van der Waals surface area contributed by atoms with Crippen molar-refractivity contribution in [1.82, 2.24) is 0 Å². The molecular weight excluding hydrogens is 431 g/mol. The molecule has 0 aromatic heterocycles. The minimum absolute atomic E-state index is 0.787. The Kier molecular flexibility index (Phi) is 7.75. The maximum absolute atomic E-state index is 9.32. The van der Waals surface area contributed by atoms with Gasteiger partial charge in [0.1, 0.15) is 0 Å². The van der Waals surface area contributed by atoms with E-state index in [4.69, 9.17) is 0 Å². The molecule has 0 aliphatic heterocycles. The molecular formula is C7H6Br3OZr. The zero-order valence-electron chi connectivity index (χ0n) is 5.97. The molecule has 0 saturated heterocycles. The molecule has 1 aromatic rings. The van der Waals surface area contributed by atoms with Gasteiger partial charge in [-0.2, -0.15) is 0 Å². The molecule has 0 saturated carbocycles. The minimum atomic E-state index is -1.08. The molecule has 0 fully saturated rings. The summed E-state index contributed by atoms with van der Waals surface area (Å²) in [6.07, 6.45) is 0. The number of aliphatic hydroxyl groups is 1. The van der Waals surface area contributed by atoms with Crippen LogP contribution in [0.2, 0.25) is 0 Å². The second-order valence-electron chi connectivity index (χ2n) is 1.91. The zero-order valence-corrected chi connectivity index (χ0v) is 13.2. The number of hydrogen-bond acceptors (Lipinski definition) is 1. The van der Waals surface area contributed by atoms with Gasteiger partial charge in [0.2, 0.25) is 3.42 Å². The third kappa shape index (κ3) is 5.28. The summed E-state index contributed by atoms with van der Waals surface area (Å²) in [4.78, 5) is 0. The van der Waals surface area contributed by atoms with E-state index in [-0.39, 0.29) is 0 Å². The van der Waals surface area contributed by atoms with Crippen LogP contribution in [0.3, 0.4) is 0 Å². The predicted molar refractivity (Wildman–Crippen MR) is 57.1 cm³/mol. The van der Waals surface area contributed by atoms with Gasteiger partial charge in [-0.25, -0.2) is 0 Å². The van der Waals surface area contributed by atoms with Gasteiger partial charge in [-0.3, -0.25) is 0 Å². The standard InChI is InChI=1S/C7H6Br2O.BrH.Zr/c8-7(9,10)6-4-2-1-3-5-6;;/h1-5,10H;1H;/q;;+1/p-1. The molecule has 0 radical (unpaired) electrons. The number of rotatable bonds is 1. The van der Waals surface area contributed by atoms with E-state index < -0.39 is 3.42 Å². The van der Waals surface area contributed by atoms with Gasteiger partial charge >= 0.3 is 34.6 Å². The second-order valence-corrected chi connectivity index (χ2v) is 5.27. The first-order valence-corrected chi connectivity index (χ1v) is 10.2. The van der Waals surface area contributed by atoms with Crippen LogP contribution >= 0.6 is 44.1 Å². The first kappa shape index (κ1) is 13.5. The van der Waals surface area contributed by atoms with E-state index in [1.807, 2.05) is 30.3 Å². The molecule has 1 N–H and O–H groups in total. The number of benzene rings is 1. The van der Waals surface area contributed by atoms with Crippen molar-refractivity contribution >= 4 is 44.1 Å². The molecule has 1 aromatic carbocycles. The van der Waals surface area contributed by atoms with Crippen molar-refractivity contribution in [3.63, 3.8) is 0 Å². The second kappa shape index (κ2) is 6.88. The van der Waals surface area contributed by atoms with Crippen LogP contribution in [0.5, 0.6) is 0 Å². The van der Waals surface area contributed by atoms with Gasteiger partial charge in [-0.1, -0.05) is 30.3 Å². The van der Waals surface area contributed by atoms with E-state index in [2.05, 4.69) is 44.1 Å². The monoisotopic (exact) mass is 433 g/mol.